The van der Waals surface area contributed by atoms with Gasteiger partial charge in [0, 0.05) is 25.2 Å². The van der Waals surface area contributed by atoms with E-state index in [1.165, 1.54) is 12.4 Å². The maximum atomic E-state index is 12.2. The lowest BCUT2D eigenvalue weighted by Gasteiger charge is -2.31. The van der Waals surface area contributed by atoms with Crippen LogP contribution in [0.4, 0.5) is 4.79 Å². The molecule has 8 nitrogen and oxygen atoms in total. The number of hydrogen-bond acceptors (Lipinski definition) is 6. The summed E-state index contributed by atoms with van der Waals surface area (Å²) in [6.07, 6.45) is 2.39. The number of rotatable bonds is 5. The van der Waals surface area contributed by atoms with Crippen molar-refractivity contribution in [2.45, 2.75) is 32.7 Å². The molecule has 0 spiro atoms. The molecule has 0 aromatic carbocycles. The van der Waals surface area contributed by atoms with Gasteiger partial charge in [0.15, 0.2) is 0 Å². The number of aromatic nitrogens is 2. The Kier molecular flexibility index (Phi) is 6.13. The molecule has 1 fully saturated rings. The van der Waals surface area contributed by atoms with Gasteiger partial charge in [-0.25, -0.2) is 14.8 Å². The van der Waals surface area contributed by atoms with Crippen molar-refractivity contribution in [3.05, 3.63) is 18.1 Å². The molecule has 0 bridgehead atoms. The fraction of sp³-hybridized carbons (Fsp3) is 0.600. The molecule has 8 heteroatoms. The second kappa shape index (κ2) is 8.30. The minimum absolute atomic E-state index is 0.0127. The highest BCUT2D eigenvalue weighted by Gasteiger charge is 2.25. The van der Waals surface area contributed by atoms with E-state index >= 15 is 0 Å². The lowest BCUT2D eigenvalue weighted by Crippen LogP contribution is -2.46. The molecule has 0 saturated carbocycles. The van der Waals surface area contributed by atoms with Crippen LogP contribution in [0.25, 0.3) is 0 Å². The summed E-state index contributed by atoms with van der Waals surface area (Å²) in [5, 5.41) is 2.93. The molecule has 2 amide bonds. The third-order valence-electron chi connectivity index (χ3n) is 3.52. The summed E-state index contributed by atoms with van der Waals surface area (Å²) in [4.78, 5) is 33.4. The number of hydrogen-bond donors (Lipinski definition) is 1. The molecule has 1 aromatic rings. The lowest BCUT2D eigenvalue weighted by molar-refractivity contribution is 0.0856. The van der Waals surface area contributed by atoms with E-state index < -0.39 is 0 Å². The van der Waals surface area contributed by atoms with Crippen molar-refractivity contribution in [2.75, 3.05) is 26.3 Å². The molecule has 2 rings (SSSR count). The molecular weight excluding hydrogens is 300 g/mol. The van der Waals surface area contributed by atoms with Crippen LogP contribution in [0.5, 0.6) is 5.88 Å². The lowest BCUT2D eigenvalue weighted by atomic mass is 10.1. The van der Waals surface area contributed by atoms with E-state index in [-0.39, 0.29) is 23.7 Å². The van der Waals surface area contributed by atoms with Gasteiger partial charge in [0.25, 0.3) is 5.91 Å². The molecule has 126 valence electrons. The minimum Gasteiger partial charge on any atom is -0.478 e. The standard InChI is InChI=1S/C15H22N4O4/c1-3-22-13-9-12(16-10-17-13)14(20)18-11-5-7-19(8-6-11)15(21)23-4-2/h9-11H,3-8H2,1-2H3,(H,18,20). The van der Waals surface area contributed by atoms with E-state index in [1.54, 1.807) is 11.8 Å². The van der Waals surface area contributed by atoms with Gasteiger partial charge in [-0.2, -0.15) is 0 Å². The van der Waals surface area contributed by atoms with Crippen LogP contribution >= 0.6 is 0 Å². The Morgan fingerprint density at radius 2 is 2.00 bits per heavy atom. The largest absolute Gasteiger partial charge is 0.478 e. The van der Waals surface area contributed by atoms with Crippen LogP contribution in [0.2, 0.25) is 0 Å². The molecular formula is C15H22N4O4. The highest BCUT2D eigenvalue weighted by Crippen LogP contribution is 2.13. The summed E-state index contributed by atoms with van der Waals surface area (Å²) in [7, 11) is 0. The van der Waals surface area contributed by atoms with Crippen molar-refractivity contribution in [3.8, 4) is 5.88 Å². The summed E-state index contributed by atoms with van der Waals surface area (Å²) in [5.74, 6) is 0.118. The van der Waals surface area contributed by atoms with Crippen LogP contribution in [0.1, 0.15) is 37.2 Å². The smallest absolute Gasteiger partial charge is 0.409 e. The minimum atomic E-state index is -0.297. The Morgan fingerprint density at radius 1 is 1.26 bits per heavy atom. The zero-order chi connectivity index (χ0) is 16.7. The van der Waals surface area contributed by atoms with Gasteiger partial charge in [0.2, 0.25) is 5.88 Å². The Morgan fingerprint density at radius 3 is 2.65 bits per heavy atom. The van der Waals surface area contributed by atoms with Crippen molar-refractivity contribution >= 4 is 12.0 Å². The third kappa shape index (κ3) is 4.80. The van der Waals surface area contributed by atoms with E-state index in [4.69, 9.17) is 9.47 Å². The number of nitrogens with one attached hydrogen (secondary N) is 1. The highest BCUT2D eigenvalue weighted by atomic mass is 16.6. The number of ether oxygens (including phenoxy) is 2. The molecule has 1 aromatic heterocycles. The summed E-state index contributed by atoms with van der Waals surface area (Å²) in [6, 6.07) is 1.53. The second-order valence-corrected chi connectivity index (χ2v) is 5.11. The number of nitrogens with zero attached hydrogens (tertiary/aromatic N) is 3. The quantitative estimate of drug-likeness (QED) is 0.876. The summed E-state index contributed by atoms with van der Waals surface area (Å²) in [5.41, 5.74) is 0.274. The Bertz CT molecular complexity index is 544. The number of likely N-dealkylation sites (tertiary alicyclic amines) is 1. The van der Waals surface area contributed by atoms with Crippen molar-refractivity contribution in [2.24, 2.45) is 0 Å². The van der Waals surface area contributed by atoms with E-state index in [0.717, 1.165) is 0 Å². The maximum Gasteiger partial charge on any atom is 0.409 e. The fourth-order valence-corrected chi connectivity index (χ4v) is 2.37. The van der Waals surface area contributed by atoms with Crippen LogP contribution in [0, 0.1) is 0 Å². The Balaban J connectivity index is 1.85. The number of carbonyl (C=O) groups is 2. The Labute approximate surface area is 135 Å². The van der Waals surface area contributed by atoms with E-state index in [1.807, 2.05) is 6.92 Å². The zero-order valence-electron chi connectivity index (χ0n) is 13.4. The molecule has 0 radical (unpaired) electrons. The number of piperidine rings is 1. The van der Waals surface area contributed by atoms with Crippen LogP contribution < -0.4 is 10.1 Å². The van der Waals surface area contributed by atoms with Gasteiger partial charge < -0.3 is 19.7 Å². The van der Waals surface area contributed by atoms with Crippen LogP contribution in [0.3, 0.4) is 0 Å². The molecule has 1 aliphatic heterocycles. The fourth-order valence-electron chi connectivity index (χ4n) is 2.37. The van der Waals surface area contributed by atoms with Crippen molar-refractivity contribution in [1.82, 2.24) is 20.2 Å². The Hall–Kier alpha value is -2.38. The second-order valence-electron chi connectivity index (χ2n) is 5.11. The van der Waals surface area contributed by atoms with Crippen molar-refractivity contribution in [3.63, 3.8) is 0 Å². The summed E-state index contributed by atoms with van der Waals surface area (Å²) in [6.45, 7) is 5.60. The normalized spacial score (nSPS) is 15.1. The van der Waals surface area contributed by atoms with Gasteiger partial charge in [0.05, 0.1) is 13.2 Å². The topological polar surface area (TPSA) is 93.7 Å². The molecule has 1 saturated heterocycles. The molecule has 1 N–H and O–H groups in total. The third-order valence-corrected chi connectivity index (χ3v) is 3.52. The van der Waals surface area contributed by atoms with Gasteiger partial charge in [-0.1, -0.05) is 0 Å². The monoisotopic (exact) mass is 322 g/mol. The summed E-state index contributed by atoms with van der Waals surface area (Å²) >= 11 is 0. The van der Waals surface area contributed by atoms with Crippen LogP contribution in [-0.2, 0) is 4.74 Å². The van der Waals surface area contributed by atoms with Gasteiger partial charge in [-0.15, -0.1) is 0 Å². The van der Waals surface area contributed by atoms with E-state index in [2.05, 4.69) is 15.3 Å². The first-order valence-electron chi connectivity index (χ1n) is 7.81. The van der Waals surface area contributed by atoms with Crippen LogP contribution in [0.15, 0.2) is 12.4 Å². The molecule has 0 atom stereocenters. The van der Waals surface area contributed by atoms with Crippen molar-refractivity contribution < 1.29 is 19.1 Å². The van der Waals surface area contributed by atoms with Crippen LogP contribution in [-0.4, -0.2) is 59.2 Å². The van der Waals surface area contributed by atoms with Gasteiger partial charge in [0.1, 0.15) is 12.0 Å². The molecule has 2 heterocycles. The number of amides is 2. The zero-order valence-corrected chi connectivity index (χ0v) is 13.4. The first-order chi connectivity index (χ1) is 11.1. The number of carbonyl (C=O) groups excluding carboxylic acids is 2. The first kappa shape index (κ1) is 17.0. The van der Waals surface area contributed by atoms with Gasteiger partial charge >= 0.3 is 6.09 Å². The molecule has 0 unspecified atom stereocenters. The maximum absolute atomic E-state index is 12.2. The molecule has 0 aliphatic carbocycles. The molecule has 23 heavy (non-hydrogen) atoms. The predicted molar refractivity (Wildman–Crippen MR) is 82.3 cm³/mol. The van der Waals surface area contributed by atoms with Gasteiger partial charge in [-0.3, -0.25) is 4.79 Å². The average molecular weight is 322 g/mol. The van der Waals surface area contributed by atoms with Crippen molar-refractivity contribution in [1.29, 1.82) is 0 Å². The average Bonchev–Trinajstić information content (AvgIpc) is 2.56. The molecule has 1 aliphatic rings. The van der Waals surface area contributed by atoms with Gasteiger partial charge in [-0.05, 0) is 26.7 Å². The highest BCUT2D eigenvalue weighted by molar-refractivity contribution is 5.92. The van der Waals surface area contributed by atoms with E-state index in [9.17, 15) is 9.59 Å². The SMILES string of the molecule is CCOC(=O)N1CCC(NC(=O)c2cc(OCC)ncn2)CC1. The van der Waals surface area contributed by atoms with E-state index in [0.29, 0.717) is 45.0 Å². The predicted octanol–water partition coefficient (Wildman–Crippen LogP) is 1.23. The first-order valence-corrected chi connectivity index (χ1v) is 7.81. The summed E-state index contributed by atoms with van der Waals surface area (Å²) < 4.78 is 10.2.